The molecule has 56 heavy (non-hydrogen) atoms. The fourth-order valence-electron chi connectivity index (χ4n) is 7.16. The number of aromatic hydroxyl groups is 12. The van der Waals surface area contributed by atoms with Gasteiger partial charge in [0.25, 0.3) is 0 Å². The molecule has 0 spiro atoms. The highest BCUT2D eigenvalue weighted by atomic mass is 16.6. The van der Waals surface area contributed by atoms with Gasteiger partial charge < -0.3 is 85.7 Å². The van der Waals surface area contributed by atoms with E-state index in [0.717, 1.165) is 0 Å². The van der Waals surface area contributed by atoms with E-state index in [1.807, 2.05) is 0 Å². The number of rotatable bonds is 1. The van der Waals surface area contributed by atoms with Crippen molar-refractivity contribution in [2.45, 2.75) is 30.8 Å². The van der Waals surface area contributed by atoms with E-state index in [1.54, 1.807) is 0 Å². The van der Waals surface area contributed by atoms with E-state index in [9.17, 15) is 90.7 Å². The first-order chi connectivity index (χ1) is 26.3. The minimum Gasteiger partial charge on any atom is -0.504 e. The Bertz CT molecular complexity index is 2470. The predicted octanol–water partition coefficient (Wildman–Crippen LogP) is 1.02. The summed E-state index contributed by atoms with van der Waals surface area (Å²) in [5, 5.41) is 151. The Morgan fingerprint density at radius 3 is 1.45 bits per heavy atom. The highest BCUT2D eigenvalue weighted by Crippen LogP contribution is 2.58. The third-order valence-electron chi connectivity index (χ3n) is 9.79. The first kappa shape index (κ1) is 36.8. The first-order valence-electron chi connectivity index (χ1n) is 15.9. The standard InChI is InChI=1S/C35H26O21/c36-10-4-9(32-29(49)20-19(35(53)56-32)18(27(47)30(50)28(20)48)15-6(10)1-11(37)21(41)24(15)44)31-14(40)5-54-33(51)7-2-12(38)22(42)25(45)16(7)17-8(34(52)55-31)3-13(39)23(43)26(17)46/h1-3,9,14,29,31-32,37-50H,4-5H2/t9-,14-,29+,31+,32+/m0/s1. The van der Waals surface area contributed by atoms with E-state index in [-0.39, 0.29) is 0 Å². The van der Waals surface area contributed by atoms with Gasteiger partial charge in [0.05, 0.1) is 16.7 Å². The minimum absolute atomic E-state index is 0.444. The van der Waals surface area contributed by atoms with E-state index in [2.05, 4.69) is 0 Å². The average molecular weight is 783 g/mol. The molecule has 21 nitrogen and oxygen atoms in total. The van der Waals surface area contributed by atoms with Crippen LogP contribution in [0.25, 0.3) is 22.3 Å². The summed E-state index contributed by atoms with van der Waals surface area (Å²) in [5.74, 6) is -23.8. The molecule has 0 fully saturated rings. The van der Waals surface area contributed by atoms with Gasteiger partial charge in [-0.05, 0) is 18.2 Å². The van der Waals surface area contributed by atoms with Crippen molar-refractivity contribution in [3.05, 3.63) is 46.0 Å². The molecule has 4 aromatic carbocycles. The summed E-state index contributed by atoms with van der Waals surface area (Å²) in [6.07, 6.45) is -10.4. The molecule has 0 unspecified atom stereocenters. The number of aliphatic hydroxyl groups excluding tert-OH is 2. The number of hydrogen-bond donors (Lipinski definition) is 14. The van der Waals surface area contributed by atoms with Crippen molar-refractivity contribution in [3.8, 4) is 91.2 Å². The summed E-state index contributed by atoms with van der Waals surface area (Å²) in [6.45, 7) is -1.23. The zero-order valence-electron chi connectivity index (χ0n) is 27.7. The molecule has 3 heterocycles. The van der Waals surface area contributed by atoms with Crippen molar-refractivity contribution >= 4 is 23.7 Å². The molecule has 5 atom stereocenters. The molecule has 14 N–H and O–H groups in total. The number of ketones is 1. The van der Waals surface area contributed by atoms with Crippen LogP contribution in [0.4, 0.5) is 0 Å². The lowest BCUT2D eigenvalue weighted by Crippen LogP contribution is -2.50. The maximum Gasteiger partial charge on any atom is 0.339 e. The number of ether oxygens (including phenoxy) is 3. The van der Waals surface area contributed by atoms with Crippen LogP contribution in [-0.2, 0) is 14.2 Å². The monoisotopic (exact) mass is 782 g/mol. The third kappa shape index (κ3) is 5.09. The summed E-state index contributed by atoms with van der Waals surface area (Å²) in [5.41, 5.74) is -8.51. The van der Waals surface area contributed by atoms with Gasteiger partial charge in [0.15, 0.2) is 51.8 Å². The van der Waals surface area contributed by atoms with Crippen LogP contribution in [0.15, 0.2) is 18.2 Å². The number of hydrogen-bond acceptors (Lipinski definition) is 21. The molecule has 0 radical (unpaired) electrons. The van der Waals surface area contributed by atoms with Crippen molar-refractivity contribution in [2.24, 2.45) is 5.92 Å². The van der Waals surface area contributed by atoms with Crippen LogP contribution >= 0.6 is 0 Å². The van der Waals surface area contributed by atoms with E-state index in [0.29, 0.717) is 18.2 Å². The Hall–Kier alpha value is -7.52. The predicted molar refractivity (Wildman–Crippen MR) is 176 cm³/mol. The van der Waals surface area contributed by atoms with Crippen LogP contribution in [0, 0.1) is 5.92 Å². The van der Waals surface area contributed by atoms with Gasteiger partial charge >= 0.3 is 17.9 Å². The Kier molecular flexibility index (Phi) is 8.24. The quantitative estimate of drug-likeness (QED) is 0.0728. The molecular weight excluding hydrogens is 756 g/mol. The molecule has 8 rings (SSSR count). The van der Waals surface area contributed by atoms with Gasteiger partial charge in [0.1, 0.15) is 31.0 Å². The van der Waals surface area contributed by atoms with Crippen molar-refractivity contribution in [2.75, 3.05) is 6.61 Å². The second-order valence-corrected chi connectivity index (χ2v) is 12.9. The molecule has 0 saturated carbocycles. The van der Waals surface area contributed by atoms with Crippen LogP contribution in [-0.4, -0.2) is 120 Å². The van der Waals surface area contributed by atoms with Gasteiger partial charge in [-0.15, -0.1) is 0 Å². The fourth-order valence-corrected chi connectivity index (χ4v) is 7.16. The molecular formula is C35H26O21. The second-order valence-electron chi connectivity index (χ2n) is 12.9. The van der Waals surface area contributed by atoms with Gasteiger partial charge in [-0.3, -0.25) is 4.79 Å². The number of phenolic OH excluding ortho intramolecular Hbond substituents is 12. The molecule has 4 bridgehead atoms. The summed E-state index contributed by atoms with van der Waals surface area (Å²) in [7, 11) is 0. The summed E-state index contributed by atoms with van der Waals surface area (Å²) in [4.78, 5) is 55.5. The Balaban J connectivity index is 1.48. The number of cyclic esters (lactones) is 2. The Labute approximate surface area is 309 Å². The summed E-state index contributed by atoms with van der Waals surface area (Å²) >= 11 is 0. The van der Waals surface area contributed by atoms with Crippen LogP contribution in [0.2, 0.25) is 0 Å². The van der Waals surface area contributed by atoms with Gasteiger partial charge in [-0.25, -0.2) is 14.4 Å². The molecule has 3 aliphatic heterocycles. The van der Waals surface area contributed by atoms with Gasteiger partial charge in [-0.1, -0.05) is 0 Å². The molecule has 0 amide bonds. The third-order valence-corrected chi connectivity index (χ3v) is 9.79. The van der Waals surface area contributed by atoms with E-state index < -0.39 is 186 Å². The Morgan fingerprint density at radius 2 is 0.911 bits per heavy atom. The van der Waals surface area contributed by atoms with Gasteiger partial charge in [0, 0.05) is 45.7 Å². The number of Topliss-reactive ketones (excluding diaryl/α,β-unsaturated/α-hetero) is 1. The maximum absolute atomic E-state index is 14.2. The topological polar surface area (TPSA) is 379 Å². The molecule has 1 aliphatic carbocycles. The lowest BCUT2D eigenvalue weighted by molar-refractivity contribution is -0.118. The van der Waals surface area contributed by atoms with Crippen molar-refractivity contribution in [1.29, 1.82) is 0 Å². The zero-order valence-corrected chi connectivity index (χ0v) is 27.7. The number of aliphatic hydroxyl groups is 2. The molecule has 292 valence electrons. The van der Waals surface area contributed by atoms with E-state index in [1.165, 1.54) is 0 Å². The number of carbonyl (C=O) groups excluding carboxylic acids is 4. The maximum atomic E-state index is 14.2. The lowest BCUT2D eigenvalue weighted by Gasteiger charge is -2.40. The lowest BCUT2D eigenvalue weighted by atomic mass is 9.75. The normalized spacial score (nSPS) is 21.8. The smallest absolute Gasteiger partial charge is 0.339 e. The molecule has 4 aromatic rings. The Morgan fingerprint density at radius 1 is 0.464 bits per heavy atom. The number of esters is 3. The molecule has 0 saturated heterocycles. The molecule has 4 aliphatic rings. The minimum atomic E-state index is -2.36. The number of phenols is 12. The van der Waals surface area contributed by atoms with Crippen LogP contribution in [0.1, 0.15) is 59.5 Å². The van der Waals surface area contributed by atoms with Crippen LogP contribution in [0.5, 0.6) is 69.0 Å². The van der Waals surface area contributed by atoms with E-state index in [4.69, 9.17) is 14.2 Å². The average Bonchev–Trinajstić information content (AvgIpc) is 3.16. The van der Waals surface area contributed by atoms with E-state index >= 15 is 0 Å². The van der Waals surface area contributed by atoms with Crippen molar-refractivity contribution in [1.82, 2.24) is 0 Å². The number of fused-ring (bicyclic) bond motifs is 6. The van der Waals surface area contributed by atoms with Gasteiger partial charge in [0.2, 0.25) is 23.0 Å². The highest BCUT2D eigenvalue weighted by molar-refractivity contribution is 6.12. The van der Waals surface area contributed by atoms with Crippen LogP contribution < -0.4 is 0 Å². The zero-order chi connectivity index (χ0) is 41.0. The second kappa shape index (κ2) is 12.5. The molecule has 0 aromatic heterocycles. The summed E-state index contributed by atoms with van der Waals surface area (Å²) < 4.78 is 16.1. The molecule has 21 heteroatoms. The first-order valence-corrected chi connectivity index (χ1v) is 15.9. The van der Waals surface area contributed by atoms with Crippen molar-refractivity contribution < 1.29 is 105 Å². The highest BCUT2D eigenvalue weighted by Gasteiger charge is 2.52. The summed E-state index contributed by atoms with van der Waals surface area (Å²) in [6, 6.07) is 1.52. The SMILES string of the molecule is O=C1OC[C@H](O)[C@@H]([C@@H]2CC(=O)c3cc(O)c(O)c(O)c3-c3c(O)c(O)c(O)c4c3C(=O)O[C@H]2[C@@H]4O)OC(=O)c2cc(O)c(O)c(O)c2-c2c1cc(O)c(O)c2O. The number of carbonyl (C=O) groups is 4. The van der Waals surface area contributed by atoms with Gasteiger partial charge in [-0.2, -0.15) is 0 Å². The largest absolute Gasteiger partial charge is 0.504 e. The van der Waals surface area contributed by atoms with Crippen molar-refractivity contribution in [3.63, 3.8) is 0 Å². The van der Waals surface area contributed by atoms with Crippen LogP contribution in [0.3, 0.4) is 0 Å². The fraction of sp³-hybridized carbons (Fsp3) is 0.200. The number of benzene rings is 4.